The van der Waals surface area contributed by atoms with E-state index in [2.05, 4.69) is 18.7 Å². The fraction of sp³-hybridized carbons (Fsp3) is 0.667. The van der Waals surface area contributed by atoms with E-state index < -0.39 is 0 Å². The number of para-hydroxylation sites is 1. The summed E-state index contributed by atoms with van der Waals surface area (Å²) in [5.41, 5.74) is 6.83. The Morgan fingerprint density at radius 1 is 1.24 bits per heavy atom. The average Bonchev–Trinajstić information content (AvgIpc) is 2.73. The summed E-state index contributed by atoms with van der Waals surface area (Å²) in [7, 11) is 0. The molecule has 1 saturated heterocycles. The average molecular weight is 290 g/mol. The summed E-state index contributed by atoms with van der Waals surface area (Å²) in [6.07, 6.45) is 4.03. The van der Waals surface area contributed by atoms with Gasteiger partial charge in [0.25, 0.3) is 0 Å². The van der Waals surface area contributed by atoms with Crippen LogP contribution in [-0.2, 0) is 6.54 Å². The molecule has 1 atom stereocenters. The van der Waals surface area contributed by atoms with Gasteiger partial charge >= 0.3 is 0 Å². The first kappa shape index (κ1) is 16.3. The van der Waals surface area contributed by atoms with Crippen LogP contribution in [0.25, 0.3) is 0 Å². The minimum Gasteiger partial charge on any atom is -0.492 e. The lowest BCUT2D eigenvalue weighted by Crippen LogP contribution is -2.29. The maximum absolute atomic E-state index is 5.92. The molecule has 1 heterocycles. The standard InChI is InChI=1S/C18H30N2O/c1-15(2)16-7-5-10-20(11-9-16)12-13-21-18-8-4-3-6-17(18)14-19/h3-4,6,8,15-16H,5,7,9-14,19H2,1-2H3. The number of nitrogens with two attached hydrogens (primary N) is 1. The summed E-state index contributed by atoms with van der Waals surface area (Å²) < 4.78 is 5.92. The number of ether oxygens (including phenoxy) is 1. The molecule has 0 spiro atoms. The largest absolute Gasteiger partial charge is 0.492 e. The third kappa shape index (κ3) is 5.01. The van der Waals surface area contributed by atoms with Crippen LogP contribution in [0.5, 0.6) is 5.75 Å². The molecular formula is C18H30N2O. The first-order valence-corrected chi connectivity index (χ1v) is 8.34. The van der Waals surface area contributed by atoms with Crippen molar-refractivity contribution in [1.82, 2.24) is 4.90 Å². The van der Waals surface area contributed by atoms with E-state index in [0.717, 1.165) is 36.3 Å². The Labute approximate surface area is 129 Å². The van der Waals surface area contributed by atoms with Crippen molar-refractivity contribution in [2.45, 2.75) is 39.7 Å². The van der Waals surface area contributed by atoms with Crippen molar-refractivity contribution in [2.75, 3.05) is 26.2 Å². The van der Waals surface area contributed by atoms with E-state index in [4.69, 9.17) is 10.5 Å². The normalized spacial score (nSPS) is 20.5. The van der Waals surface area contributed by atoms with E-state index in [-0.39, 0.29) is 0 Å². The Kier molecular flexibility index (Phi) is 6.52. The summed E-state index contributed by atoms with van der Waals surface area (Å²) in [6.45, 7) is 9.44. The van der Waals surface area contributed by atoms with Crippen LogP contribution >= 0.6 is 0 Å². The highest BCUT2D eigenvalue weighted by Gasteiger charge is 2.19. The number of rotatable bonds is 6. The number of likely N-dealkylation sites (tertiary alicyclic amines) is 1. The van der Waals surface area contributed by atoms with Gasteiger partial charge in [-0.15, -0.1) is 0 Å². The minimum atomic E-state index is 0.538. The Morgan fingerprint density at radius 2 is 2.05 bits per heavy atom. The van der Waals surface area contributed by atoms with Gasteiger partial charge in [0.05, 0.1) is 0 Å². The molecule has 1 aliphatic rings. The minimum absolute atomic E-state index is 0.538. The molecule has 0 aliphatic carbocycles. The molecule has 1 aliphatic heterocycles. The molecule has 0 amide bonds. The predicted molar refractivity (Wildman–Crippen MR) is 88.4 cm³/mol. The monoisotopic (exact) mass is 290 g/mol. The van der Waals surface area contributed by atoms with Gasteiger partial charge in [0, 0.05) is 18.7 Å². The van der Waals surface area contributed by atoms with Crippen molar-refractivity contribution in [3.8, 4) is 5.75 Å². The Balaban J connectivity index is 1.76. The summed E-state index contributed by atoms with van der Waals surface area (Å²) in [6, 6.07) is 8.07. The molecule has 0 aromatic heterocycles. The molecule has 1 unspecified atom stereocenters. The summed E-state index contributed by atoms with van der Waals surface area (Å²) in [5, 5.41) is 0. The zero-order chi connectivity index (χ0) is 15.1. The van der Waals surface area contributed by atoms with Gasteiger partial charge in [0.1, 0.15) is 12.4 Å². The first-order chi connectivity index (χ1) is 10.2. The SMILES string of the molecule is CC(C)C1CCCN(CCOc2ccccc2CN)CC1. The maximum atomic E-state index is 5.92. The van der Waals surface area contributed by atoms with Gasteiger partial charge in [-0.3, -0.25) is 4.90 Å². The Hall–Kier alpha value is -1.06. The second kappa shape index (κ2) is 8.40. The molecule has 1 aromatic carbocycles. The molecule has 0 bridgehead atoms. The van der Waals surface area contributed by atoms with E-state index in [0.29, 0.717) is 6.54 Å². The molecular weight excluding hydrogens is 260 g/mol. The summed E-state index contributed by atoms with van der Waals surface area (Å²) in [5.74, 6) is 2.65. The lowest BCUT2D eigenvalue weighted by atomic mass is 9.89. The summed E-state index contributed by atoms with van der Waals surface area (Å²) >= 11 is 0. The van der Waals surface area contributed by atoms with Gasteiger partial charge in [-0.1, -0.05) is 32.0 Å². The van der Waals surface area contributed by atoms with Crippen LogP contribution in [0.15, 0.2) is 24.3 Å². The molecule has 118 valence electrons. The number of benzene rings is 1. The Bertz CT molecular complexity index is 419. The van der Waals surface area contributed by atoms with Crippen LogP contribution in [0.2, 0.25) is 0 Å². The number of hydrogen-bond acceptors (Lipinski definition) is 3. The van der Waals surface area contributed by atoms with Gasteiger partial charge in [-0.25, -0.2) is 0 Å². The fourth-order valence-corrected chi connectivity index (χ4v) is 3.17. The lowest BCUT2D eigenvalue weighted by Gasteiger charge is -2.21. The number of hydrogen-bond donors (Lipinski definition) is 1. The second-order valence-corrected chi connectivity index (χ2v) is 6.44. The highest BCUT2D eigenvalue weighted by atomic mass is 16.5. The third-order valence-electron chi connectivity index (χ3n) is 4.67. The second-order valence-electron chi connectivity index (χ2n) is 6.44. The number of nitrogens with zero attached hydrogens (tertiary/aromatic N) is 1. The van der Waals surface area contributed by atoms with E-state index >= 15 is 0 Å². The highest BCUT2D eigenvalue weighted by Crippen LogP contribution is 2.24. The van der Waals surface area contributed by atoms with Crippen molar-refractivity contribution in [1.29, 1.82) is 0 Å². The highest BCUT2D eigenvalue weighted by molar-refractivity contribution is 5.32. The predicted octanol–water partition coefficient (Wildman–Crippen LogP) is 3.28. The quantitative estimate of drug-likeness (QED) is 0.874. The fourth-order valence-electron chi connectivity index (χ4n) is 3.17. The van der Waals surface area contributed by atoms with Gasteiger partial charge in [-0.2, -0.15) is 0 Å². The maximum Gasteiger partial charge on any atom is 0.123 e. The molecule has 0 saturated carbocycles. The smallest absolute Gasteiger partial charge is 0.123 e. The van der Waals surface area contributed by atoms with E-state index in [1.54, 1.807) is 0 Å². The van der Waals surface area contributed by atoms with Gasteiger partial charge < -0.3 is 10.5 Å². The topological polar surface area (TPSA) is 38.5 Å². The molecule has 1 aromatic rings. The van der Waals surface area contributed by atoms with E-state index in [1.807, 2.05) is 24.3 Å². The zero-order valence-electron chi connectivity index (χ0n) is 13.6. The van der Waals surface area contributed by atoms with Crippen molar-refractivity contribution in [3.63, 3.8) is 0 Å². The van der Waals surface area contributed by atoms with Crippen LogP contribution in [0.3, 0.4) is 0 Å². The summed E-state index contributed by atoms with van der Waals surface area (Å²) in [4.78, 5) is 2.55. The molecule has 3 nitrogen and oxygen atoms in total. The van der Waals surface area contributed by atoms with E-state index in [9.17, 15) is 0 Å². The molecule has 0 radical (unpaired) electrons. The molecule has 2 rings (SSSR count). The lowest BCUT2D eigenvalue weighted by molar-refractivity contribution is 0.209. The van der Waals surface area contributed by atoms with Gasteiger partial charge in [0.15, 0.2) is 0 Å². The van der Waals surface area contributed by atoms with Crippen LogP contribution in [0, 0.1) is 11.8 Å². The van der Waals surface area contributed by atoms with Crippen molar-refractivity contribution in [2.24, 2.45) is 17.6 Å². The third-order valence-corrected chi connectivity index (χ3v) is 4.67. The van der Waals surface area contributed by atoms with Crippen molar-refractivity contribution >= 4 is 0 Å². The molecule has 21 heavy (non-hydrogen) atoms. The Morgan fingerprint density at radius 3 is 2.81 bits per heavy atom. The first-order valence-electron chi connectivity index (χ1n) is 8.34. The van der Waals surface area contributed by atoms with Crippen LogP contribution in [0.1, 0.15) is 38.7 Å². The van der Waals surface area contributed by atoms with Gasteiger partial charge in [0.2, 0.25) is 0 Å². The van der Waals surface area contributed by atoms with E-state index in [1.165, 1.54) is 32.4 Å². The van der Waals surface area contributed by atoms with Crippen LogP contribution in [-0.4, -0.2) is 31.1 Å². The molecule has 2 N–H and O–H groups in total. The van der Waals surface area contributed by atoms with Gasteiger partial charge in [-0.05, 0) is 50.3 Å². The van der Waals surface area contributed by atoms with Crippen molar-refractivity contribution < 1.29 is 4.74 Å². The molecule has 1 fully saturated rings. The van der Waals surface area contributed by atoms with Crippen molar-refractivity contribution in [3.05, 3.63) is 29.8 Å². The van der Waals surface area contributed by atoms with Crippen LogP contribution in [0.4, 0.5) is 0 Å². The zero-order valence-corrected chi connectivity index (χ0v) is 13.6. The van der Waals surface area contributed by atoms with Crippen LogP contribution < -0.4 is 10.5 Å². The molecule has 3 heteroatoms.